The maximum Gasteiger partial charge on any atom is 0.368 e. The number of methoxy groups -OCH3 is 1. The van der Waals surface area contributed by atoms with Crippen LogP contribution in [0.25, 0.3) is 5.69 Å². The molecule has 1 heterocycles. The lowest BCUT2D eigenvalue weighted by molar-refractivity contribution is 0.188. The van der Waals surface area contributed by atoms with Crippen LogP contribution < -0.4 is 11.4 Å². The van der Waals surface area contributed by atoms with Gasteiger partial charge in [-0.2, -0.15) is 9.36 Å². The number of aryl methyl sites for hydroxylation is 1. The predicted octanol–water partition coefficient (Wildman–Crippen LogP) is 0.840. The zero-order valence-corrected chi connectivity index (χ0v) is 11.5. The molecule has 1 aromatic carbocycles. The van der Waals surface area contributed by atoms with E-state index in [2.05, 4.69) is 10.4 Å². The van der Waals surface area contributed by atoms with Gasteiger partial charge in [0, 0.05) is 13.7 Å². The first-order chi connectivity index (χ1) is 9.54. The Morgan fingerprint density at radius 3 is 2.90 bits per heavy atom. The van der Waals surface area contributed by atoms with Crippen LogP contribution in [0.1, 0.15) is 6.42 Å². The van der Waals surface area contributed by atoms with Crippen LogP contribution in [0.4, 0.5) is 10.1 Å². The van der Waals surface area contributed by atoms with Crippen LogP contribution in [-0.2, 0) is 11.3 Å². The fourth-order valence-corrected chi connectivity index (χ4v) is 1.79. The van der Waals surface area contributed by atoms with E-state index < -0.39 is 11.5 Å². The molecular weight excluding hydrogens is 289 g/mol. The summed E-state index contributed by atoms with van der Waals surface area (Å²) in [5.41, 5.74) is 5.11. The van der Waals surface area contributed by atoms with Crippen LogP contribution in [0, 0.1) is 5.82 Å². The van der Waals surface area contributed by atoms with Crippen LogP contribution in [-0.4, -0.2) is 33.5 Å². The summed E-state index contributed by atoms with van der Waals surface area (Å²) in [5, 5.41) is 7.39. The molecule has 0 radical (unpaired) electrons. The summed E-state index contributed by atoms with van der Waals surface area (Å²) in [6, 6.07) is 2.27. The average molecular weight is 302 g/mol. The molecule has 9 heteroatoms. The van der Waals surface area contributed by atoms with E-state index in [1.54, 1.807) is 7.11 Å². The molecule has 108 valence electrons. The number of nitrogen functional groups attached to an aromatic ring is 1. The number of benzene rings is 1. The molecule has 2 aromatic rings. The van der Waals surface area contributed by atoms with Gasteiger partial charge in [-0.25, -0.2) is 9.18 Å². The van der Waals surface area contributed by atoms with Crippen LogP contribution in [0.15, 0.2) is 16.9 Å². The zero-order valence-electron chi connectivity index (χ0n) is 10.7. The summed E-state index contributed by atoms with van der Waals surface area (Å²) in [6.07, 6.45) is 0.598. The Morgan fingerprint density at radius 1 is 1.45 bits per heavy atom. The fourth-order valence-electron chi connectivity index (χ4n) is 1.64. The van der Waals surface area contributed by atoms with Gasteiger partial charge in [0.2, 0.25) is 0 Å². The molecule has 0 unspecified atom stereocenters. The molecule has 0 atom stereocenters. The number of anilines is 1. The van der Waals surface area contributed by atoms with Gasteiger partial charge in [-0.3, -0.25) is 0 Å². The lowest BCUT2D eigenvalue weighted by Gasteiger charge is -2.04. The van der Waals surface area contributed by atoms with E-state index in [1.807, 2.05) is 0 Å². The van der Waals surface area contributed by atoms with Crippen LogP contribution in [0.2, 0.25) is 5.02 Å². The Labute approximate surface area is 118 Å². The van der Waals surface area contributed by atoms with Gasteiger partial charge >= 0.3 is 5.69 Å². The molecule has 0 aliphatic carbocycles. The molecule has 2 N–H and O–H groups in total. The third-order valence-corrected chi connectivity index (χ3v) is 2.98. The summed E-state index contributed by atoms with van der Waals surface area (Å²) >= 11 is 5.70. The molecule has 0 saturated carbocycles. The topological polar surface area (TPSA) is 88.0 Å². The highest BCUT2D eigenvalue weighted by atomic mass is 35.5. The minimum Gasteiger partial charge on any atom is -0.397 e. The molecule has 0 amide bonds. The molecule has 2 rings (SSSR count). The number of nitrogens with two attached hydrogens (primary N) is 1. The number of nitrogens with zero attached hydrogens (tertiary/aromatic N) is 4. The number of aromatic nitrogens is 4. The van der Waals surface area contributed by atoms with Crippen LogP contribution >= 0.6 is 11.6 Å². The van der Waals surface area contributed by atoms with Gasteiger partial charge in [-0.15, -0.1) is 0 Å². The van der Waals surface area contributed by atoms with E-state index >= 15 is 0 Å². The Hall–Kier alpha value is -1.93. The highest BCUT2D eigenvalue weighted by Crippen LogP contribution is 2.23. The molecule has 0 saturated heterocycles. The number of hydrogen-bond donors (Lipinski definition) is 1. The first-order valence-corrected chi connectivity index (χ1v) is 6.19. The van der Waals surface area contributed by atoms with Crippen molar-refractivity contribution in [3.05, 3.63) is 33.5 Å². The number of rotatable bonds is 5. The SMILES string of the molecule is COCCCn1nnn(-c2cc(N)c(Cl)cc2F)c1=O. The molecule has 0 fully saturated rings. The van der Waals surface area contributed by atoms with Gasteiger partial charge < -0.3 is 10.5 Å². The van der Waals surface area contributed by atoms with Crippen molar-refractivity contribution in [2.45, 2.75) is 13.0 Å². The first-order valence-electron chi connectivity index (χ1n) is 5.81. The third-order valence-electron chi connectivity index (χ3n) is 2.65. The number of hydrogen-bond acceptors (Lipinski definition) is 5. The molecule has 20 heavy (non-hydrogen) atoms. The van der Waals surface area contributed by atoms with Crippen molar-refractivity contribution in [1.29, 1.82) is 0 Å². The standard InChI is InChI=1S/C11H13ClFN5O2/c1-20-4-2-3-17-11(19)18(16-15-17)10-6-9(14)7(12)5-8(10)13/h5-6H,2-4,14H2,1H3. The van der Waals surface area contributed by atoms with Crippen molar-refractivity contribution in [3.8, 4) is 5.69 Å². The summed E-state index contributed by atoms with van der Waals surface area (Å²) in [7, 11) is 1.56. The third kappa shape index (κ3) is 2.81. The number of tetrazole rings is 1. The normalized spacial score (nSPS) is 10.9. The summed E-state index contributed by atoms with van der Waals surface area (Å²) in [6.45, 7) is 0.818. The lowest BCUT2D eigenvalue weighted by atomic mass is 10.2. The van der Waals surface area contributed by atoms with E-state index in [1.165, 1.54) is 6.07 Å². The van der Waals surface area contributed by atoms with E-state index in [0.717, 1.165) is 15.4 Å². The van der Waals surface area contributed by atoms with E-state index in [9.17, 15) is 9.18 Å². The molecule has 1 aromatic heterocycles. The summed E-state index contributed by atoms with van der Waals surface area (Å²) in [4.78, 5) is 12.0. The average Bonchev–Trinajstić information content (AvgIpc) is 2.76. The van der Waals surface area contributed by atoms with Crippen molar-refractivity contribution in [2.24, 2.45) is 0 Å². The molecule has 7 nitrogen and oxygen atoms in total. The highest BCUT2D eigenvalue weighted by Gasteiger charge is 2.14. The zero-order chi connectivity index (χ0) is 14.7. The second kappa shape index (κ2) is 6.02. The number of ether oxygens (including phenoxy) is 1. The van der Waals surface area contributed by atoms with Gasteiger partial charge in [0.25, 0.3) is 0 Å². The Bertz CT molecular complexity index is 669. The molecule has 0 spiro atoms. The van der Waals surface area contributed by atoms with E-state index in [4.69, 9.17) is 22.1 Å². The predicted molar refractivity (Wildman–Crippen MR) is 71.5 cm³/mol. The van der Waals surface area contributed by atoms with Gasteiger partial charge in [-0.1, -0.05) is 11.6 Å². The second-order valence-electron chi connectivity index (χ2n) is 4.07. The van der Waals surface area contributed by atoms with Crippen molar-refractivity contribution < 1.29 is 9.13 Å². The Balaban J connectivity index is 2.35. The quantitative estimate of drug-likeness (QED) is 0.653. The largest absolute Gasteiger partial charge is 0.397 e. The summed E-state index contributed by atoms with van der Waals surface area (Å²) < 4.78 is 20.7. The minimum atomic E-state index is -0.699. The van der Waals surface area contributed by atoms with Crippen molar-refractivity contribution in [3.63, 3.8) is 0 Å². The first kappa shape index (κ1) is 14.5. The van der Waals surface area contributed by atoms with Crippen molar-refractivity contribution in [1.82, 2.24) is 19.8 Å². The maximum atomic E-state index is 13.8. The minimum absolute atomic E-state index is 0.0757. The van der Waals surface area contributed by atoms with Crippen LogP contribution in [0.3, 0.4) is 0 Å². The van der Waals surface area contributed by atoms with Gasteiger partial charge in [0.1, 0.15) is 5.69 Å². The van der Waals surface area contributed by atoms with Crippen molar-refractivity contribution >= 4 is 17.3 Å². The Morgan fingerprint density at radius 2 is 2.20 bits per heavy atom. The fraction of sp³-hybridized carbons (Fsp3) is 0.364. The molecule has 0 aliphatic rings. The Kier molecular flexibility index (Phi) is 4.35. The lowest BCUT2D eigenvalue weighted by Crippen LogP contribution is -2.25. The van der Waals surface area contributed by atoms with Gasteiger partial charge in [-0.05, 0) is 29.0 Å². The van der Waals surface area contributed by atoms with Crippen molar-refractivity contribution in [2.75, 3.05) is 19.5 Å². The second-order valence-corrected chi connectivity index (χ2v) is 4.48. The van der Waals surface area contributed by atoms with Crippen LogP contribution in [0.5, 0.6) is 0 Å². The monoisotopic (exact) mass is 301 g/mol. The molecular formula is C11H13ClFN5O2. The van der Waals surface area contributed by atoms with E-state index in [0.29, 0.717) is 19.6 Å². The summed E-state index contributed by atoms with van der Waals surface area (Å²) in [5.74, 6) is -0.699. The van der Waals surface area contributed by atoms with Gasteiger partial charge in [0.05, 0.1) is 17.3 Å². The maximum absolute atomic E-state index is 13.8. The number of halogens is 2. The highest BCUT2D eigenvalue weighted by molar-refractivity contribution is 6.33. The smallest absolute Gasteiger partial charge is 0.368 e. The molecule has 0 bridgehead atoms. The molecule has 0 aliphatic heterocycles. The van der Waals surface area contributed by atoms with Gasteiger partial charge in [0.15, 0.2) is 5.82 Å². The van der Waals surface area contributed by atoms with E-state index in [-0.39, 0.29) is 16.4 Å².